The molecule has 0 aromatic heterocycles. The first-order valence-electron chi connectivity index (χ1n) is 3.83. The topological polar surface area (TPSA) is 29.1 Å². The van der Waals surface area contributed by atoms with E-state index in [0.29, 0.717) is 6.54 Å². The van der Waals surface area contributed by atoms with Crippen LogP contribution in [0.15, 0.2) is 12.7 Å². The second-order valence-corrected chi connectivity index (χ2v) is 3.57. The Labute approximate surface area is 68.7 Å². The zero-order valence-corrected chi connectivity index (χ0v) is 7.61. The van der Waals surface area contributed by atoms with Gasteiger partial charge in [-0.2, -0.15) is 0 Å². The molecule has 0 aliphatic carbocycles. The largest absolute Gasteiger partial charge is 0.356 e. The Morgan fingerprint density at radius 1 is 1.64 bits per heavy atom. The lowest BCUT2D eigenvalue weighted by Gasteiger charge is -2.22. The van der Waals surface area contributed by atoms with E-state index in [1.807, 2.05) is 6.08 Å². The third-order valence-electron chi connectivity index (χ3n) is 1.51. The Bertz CT molecular complexity index is 150. The maximum absolute atomic E-state index is 10.6. The van der Waals surface area contributed by atoms with Crippen molar-refractivity contribution in [3.63, 3.8) is 0 Å². The van der Waals surface area contributed by atoms with Crippen molar-refractivity contribution in [1.29, 1.82) is 0 Å². The summed E-state index contributed by atoms with van der Waals surface area (Å²) in [6, 6.07) is 0. The Balaban J connectivity index is 3.71. The molecule has 0 rings (SSSR count). The second-order valence-electron chi connectivity index (χ2n) is 3.57. The minimum Gasteiger partial charge on any atom is -0.356 e. The summed E-state index contributed by atoms with van der Waals surface area (Å²) >= 11 is 0. The quantitative estimate of drug-likeness (QED) is 0.615. The van der Waals surface area contributed by atoms with Crippen molar-refractivity contribution in [1.82, 2.24) is 5.32 Å². The van der Waals surface area contributed by atoms with E-state index >= 15 is 0 Å². The fourth-order valence-electron chi connectivity index (χ4n) is 0.827. The molecule has 0 saturated carbocycles. The molecule has 0 aromatic carbocycles. The van der Waals surface area contributed by atoms with Gasteiger partial charge >= 0.3 is 0 Å². The molecular weight excluding hydrogens is 138 g/mol. The van der Waals surface area contributed by atoms with Gasteiger partial charge in [0.05, 0.1) is 0 Å². The van der Waals surface area contributed by atoms with Crippen LogP contribution in [-0.4, -0.2) is 12.5 Å². The summed E-state index contributed by atoms with van der Waals surface area (Å²) in [6.45, 7) is 10.1. The normalized spacial score (nSPS) is 10.8. The van der Waals surface area contributed by atoms with Crippen molar-refractivity contribution in [2.75, 3.05) is 6.54 Å². The lowest BCUT2D eigenvalue weighted by atomic mass is 9.89. The van der Waals surface area contributed by atoms with Gasteiger partial charge < -0.3 is 5.32 Å². The van der Waals surface area contributed by atoms with E-state index in [4.69, 9.17) is 0 Å². The van der Waals surface area contributed by atoms with Crippen LogP contribution in [0.2, 0.25) is 0 Å². The molecule has 2 nitrogen and oxygen atoms in total. The van der Waals surface area contributed by atoms with Crippen LogP contribution in [0, 0.1) is 5.41 Å². The van der Waals surface area contributed by atoms with Gasteiger partial charge in [0.15, 0.2) is 0 Å². The fraction of sp³-hybridized carbons (Fsp3) is 0.667. The van der Waals surface area contributed by atoms with Crippen LogP contribution in [0.5, 0.6) is 0 Å². The van der Waals surface area contributed by atoms with Crippen LogP contribution in [0.3, 0.4) is 0 Å². The van der Waals surface area contributed by atoms with Gasteiger partial charge in [0.2, 0.25) is 5.91 Å². The van der Waals surface area contributed by atoms with Crippen molar-refractivity contribution >= 4 is 5.91 Å². The summed E-state index contributed by atoms with van der Waals surface area (Å²) in [6.07, 6.45) is 2.80. The average Bonchev–Trinajstić information content (AvgIpc) is 1.84. The summed E-state index contributed by atoms with van der Waals surface area (Å²) in [7, 11) is 0. The van der Waals surface area contributed by atoms with Gasteiger partial charge in [-0.05, 0) is 11.8 Å². The molecule has 0 heterocycles. The molecule has 0 bridgehead atoms. The number of allylic oxidation sites excluding steroid dienone is 1. The van der Waals surface area contributed by atoms with Crippen LogP contribution in [0.25, 0.3) is 0 Å². The molecule has 0 spiro atoms. The number of carbonyl (C=O) groups is 1. The third-order valence-corrected chi connectivity index (χ3v) is 1.51. The minimum absolute atomic E-state index is 0.0298. The molecule has 0 aliphatic rings. The predicted octanol–water partition coefficient (Wildman–Crippen LogP) is 1.72. The summed E-state index contributed by atoms with van der Waals surface area (Å²) in [5.41, 5.74) is 0.132. The van der Waals surface area contributed by atoms with Crippen molar-refractivity contribution in [3.05, 3.63) is 12.7 Å². The first-order chi connectivity index (χ1) is 4.98. The Kier molecular flexibility index (Phi) is 3.86. The summed E-state index contributed by atoms with van der Waals surface area (Å²) < 4.78 is 0. The number of nitrogens with one attached hydrogen (secondary N) is 1. The SMILES string of the molecule is C=CCC(C)(C)CNC(C)=O. The van der Waals surface area contributed by atoms with Crippen LogP contribution in [0.1, 0.15) is 27.2 Å². The lowest BCUT2D eigenvalue weighted by Crippen LogP contribution is -2.32. The van der Waals surface area contributed by atoms with Crippen LogP contribution in [0.4, 0.5) is 0 Å². The molecule has 0 unspecified atom stereocenters. The fourth-order valence-corrected chi connectivity index (χ4v) is 0.827. The molecule has 0 aliphatic heterocycles. The van der Waals surface area contributed by atoms with Crippen LogP contribution < -0.4 is 5.32 Å². The Morgan fingerprint density at radius 2 is 2.18 bits per heavy atom. The zero-order valence-electron chi connectivity index (χ0n) is 7.61. The molecule has 0 saturated heterocycles. The van der Waals surface area contributed by atoms with Crippen molar-refractivity contribution in [3.8, 4) is 0 Å². The molecule has 11 heavy (non-hydrogen) atoms. The van der Waals surface area contributed by atoms with Gasteiger partial charge in [-0.1, -0.05) is 19.9 Å². The Hall–Kier alpha value is -0.790. The lowest BCUT2D eigenvalue weighted by molar-refractivity contribution is -0.119. The first-order valence-corrected chi connectivity index (χ1v) is 3.83. The first kappa shape index (κ1) is 10.2. The minimum atomic E-state index is 0.0298. The molecular formula is C9H17NO. The third kappa shape index (κ3) is 5.64. The molecule has 0 aromatic rings. The van der Waals surface area contributed by atoms with E-state index in [-0.39, 0.29) is 11.3 Å². The van der Waals surface area contributed by atoms with Crippen LogP contribution >= 0.6 is 0 Å². The van der Waals surface area contributed by atoms with Gasteiger partial charge in [-0.15, -0.1) is 6.58 Å². The number of amides is 1. The van der Waals surface area contributed by atoms with Crippen molar-refractivity contribution < 1.29 is 4.79 Å². The summed E-state index contributed by atoms with van der Waals surface area (Å²) in [4.78, 5) is 10.6. The van der Waals surface area contributed by atoms with Crippen LogP contribution in [-0.2, 0) is 4.79 Å². The number of rotatable bonds is 4. The smallest absolute Gasteiger partial charge is 0.216 e. The predicted molar refractivity (Wildman–Crippen MR) is 47.3 cm³/mol. The summed E-state index contributed by atoms with van der Waals surface area (Å²) in [5.74, 6) is 0.0298. The Morgan fingerprint density at radius 3 is 2.55 bits per heavy atom. The number of hydrogen-bond donors (Lipinski definition) is 1. The number of hydrogen-bond acceptors (Lipinski definition) is 1. The zero-order chi connectivity index (χ0) is 8.91. The van der Waals surface area contributed by atoms with Crippen molar-refractivity contribution in [2.45, 2.75) is 27.2 Å². The number of carbonyl (C=O) groups excluding carboxylic acids is 1. The van der Waals surface area contributed by atoms with E-state index < -0.39 is 0 Å². The van der Waals surface area contributed by atoms with E-state index in [1.165, 1.54) is 6.92 Å². The van der Waals surface area contributed by atoms with Gasteiger partial charge in [-0.25, -0.2) is 0 Å². The molecule has 2 heteroatoms. The molecule has 64 valence electrons. The highest BCUT2D eigenvalue weighted by Gasteiger charge is 2.15. The molecule has 0 radical (unpaired) electrons. The highest BCUT2D eigenvalue weighted by Crippen LogP contribution is 2.18. The van der Waals surface area contributed by atoms with E-state index in [2.05, 4.69) is 25.7 Å². The molecule has 0 fully saturated rings. The maximum atomic E-state index is 10.6. The van der Waals surface area contributed by atoms with E-state index in [1.54, 1.807) is 0 Å². The monoisotopic (exact) mass is 155 g/mol. The van der Waals surface area contributed by atoms with E-state index in [0.717, 1.165) is 6.42 Å². The summed E-state index contributed by atoms with van der Waals surface area (Å²) in [5, 5.41) is 2.78. The van der Waals surface area contributed by atoms with Gasteiger partial charge in [0.1, 0.15) is 0 Å². The highest BCUT2D eigenvalue weighted by molar-refractivity contribution is 5.72. The second kappa shape index (κ2) is 4.16. The highest BCUT2D eigenvalue weighted by atomic mass is 16.1. The van der Waals surface area contributed by atoms with Crippen molar-refractivity contribution in [2.24, 2.45) is 5.41 Å². The molecule has 1 N–H and O–H groups in total. The average molecular weight is 155 g/mol. The molecule has 1 amide bonds. The standard InChI is InChI=1S/C9H17NO/c1-5-6-9(3,4)7-10-8(2)11/h5H,1,6-7H2,2-4H3,(H,10,11). The van der Waals surface area contributed by atoms with Gasteiger partial charge in [0.25, 0.3) is 0 Å². The van der Waals surface area contributed by atoms with Gasteiger partial charge in [-0.3, -0.25) is 4.79 Å². The van der Waals surface area contributed by atoms with E-state index in [9.17, 15) is 4.79 Å². The molecule has 0 atom stereocenters. The van der Waals surface area contributed by atoms with Gasteiger partial charge in [0, 0.05) is 13.5 Å². The maximum Gasteiger partial charge on any atom is 0.216 e.